The predicted molar refractivity (Wildman–Crippen MR) is 56.2 cm³/mol. The van der Waals surface area contributed by atoms with Gasteiger partial charge >= 0.3 is 0 Å². The second-order valence-electron chi connectivity index (χ2n) is 3.69. The molecule has 2 heteroatoms. The third kappa shape index (κ3) is 2.26. The van der Waals surface area contributed by atoms with Gasteiger partial charge in [0.25, 0.3) is 0 Å². The first-order valence-electron chi connectivity index (χ1n) is 5.24. The molecule has 0 aliphatic carbocycles. The Morgan fingerprint density at radius 2 is 2.14 bits per heavy atom. The molecule has 1 atom stereocenters. The number of nitrogens with zero attached hydrogens (tertiary/aromatic N) is 1. The number of likely N-dealkylation sites (tertiary alicyclic amines) is 1. The highest BCUT2D eigenvalue weighted by Gasteiger charge is 2.18. The Labute approximate surface area is 85.5 Å². The summed E-state index contributed by atoms with van der Waals surface area (Å²) in [4.78, 5) is 2.36. The largest absolute Gasteiger partial charge is 0.475 e. The summed E-state index contributed by atoms with van der Waals surface area (Å²) in [5.74, 6) is 0.840. The topological polar surface area (TPSA) is 12.5 Å². The van der Waals surface area contributed by atoms with Crippen LogP contribution in [0.4, 0.5) is 0 Å². The van der Waals surface area contributed by atoms with E-state index in [0.29, 0.717) is 0 Å². The lowest BCUT2D eigenvalue weighted by Gasteiger charge is -2.24. The summed E-state index contributed by atoms with van der Waals surface area (Å²) in [5, 5.41) is 0. The molecule has 14 heavy (non-hydrogen) atoms. The Bertz CT molecular complexity index is 267. The first-order chi connectivity index (χ1) is 6.86. The van der Waals surface area contributed by atoms with Crippen molar-refractivity contribution < 1.29 is 4.74 Å². The molecule has 1 aliphatic heterocycles. The first-order valence-corrected chi connectivity index (χ1v) is 5.24. The third-order valence-corrected chi connectivity index (χ3v) is 2.63. The molecule has 2 rings (SSSR count). The molecule has 75 valence electrons. The molecule has 1 heterocycles. The van der Waals surface area contributed by atoms with Crippen molar-refractivity contribution in [3.8, 4) is 5.75 Å². The minimum Gasteiger partial charge on any atom is -0.475 e. The van der Waals surface area contributed by atoms with Crippen molar-refractivity contribution in [2.75, 3.05) is 13.1 Å². The molecule has 0 amide bonds. The number of benzene rings is 1. The van der Waals surface area contributed by atoms with Crippen molar-refractivity contribution in [2.24, 2.45) is 0 Å². The number of ether oxygens (including phenoxy) is 1. The van der Waals surface area contributed by atoms with Crippen molar-refractivity contribution in [3.05, 3.63) is 30.3 Å². The molecule has 1 fully saturated rings. The van der Waals surface area contributed by atoms with Crippen LogP contribution in [-0.4, -0.2) is 24.2 Å². The molecule has 0 spiro atoms. The zero-order valence-electron chi connectivity index (χ0n) is 8.57. The summed E-state index contributed by atoms with van der Waals surface area (Å²) in [7, 11) is 0. The van der Waals surface area contributed by atoms with Gasteiger partial charge in [-0.2, -0.15) is 0 Å². The van der Waals surface area contributed by atoms with Crippen molar-refractivity contribution in [1.29, 1.82) is 0 Å². The highest BCUT2D eigenvalue weighted by atomic mass is 16.5. The molecule has 1 saturated heterocycles. The maximum atomic E-state index is 5.77. The molecule has 1 radical (unpaired) electrons. The van der Waals surface area contributed by atoms with Gasteiger partial charge in [0.1, 0.15) is 12.0 Å². The van der Waals surface area contributed by atoms with Gasteiger partial charge in [0, 0.05) is 19.2 Å². The van der Waals surface area contributed by atoms with Gasteiger partial charge in [-0.25, -0.2) is 0 Å². The van der Waals surface area contributed by atoms with E-state index >= 15 is 0 Å². The quantitative estimate of drug-likeness (QED) is 0.725. The van der Waals surface area contributed by atoms with Crippen LogP contribution in [0.3, 0.4) is 0 Å². The van der Waals surface area contributed by atoms with E-state index in [1.807, 2.05) is 24.3 Å². The van der Waals surface area contributed by atoms with Crippen LogP contribution in [-0.2, 0) is 0 Å². The molecule has 0 saturated carbocycles. The summed E-state index contributed by atoms with van der Waals surface area (Å²) in [6.07, 6.45) is 2.77. The molecule has 2 nitrogen and oxygen atoms in total. The summed E-state index contributed by atoms with van der Waals surface area (Å²) in [5.41, 5.74) is 0. The monoisotopic (exact) mass is 190 g/mol. The summed E-state index contributed by atoms with van der Waals surface area (Å²) in [6, 6.07) is 10.8. The average Bonchev–Trinajstić information content (AvgIpc) is 2.72. The minimum atomic E-state index is 0.177. The lowest BCUT2D eigenvalue weighted by molar-refractivity contribution is 0.0590. The minimum absolute atomic E-state index is 0.177. The lowest BCUT2D eigenvalue weighted by Crippen LogP contribution is -2.34. The van der Waals surface area contributed by atoms with Gasteiger partial charge in [0.05, 0.1) is 0 Å². The zero-order valence-corrected chi connectivity index (χ0v) is 8.57. The lowest BCUT2D eigenvalue weighted by atomic mass is 10.3. The highest BCUT2D eigenvalue weighted by molar-refractivity contribution is 5.19. The van der Waals surface area contributed by atoms with E-state index in [1.54, 1.807) is 0 Å². The fourth-order valence-corrected chi connectivity index (χ4v) is 1.81. The summed E-state index contributed by atoms with van der Waals surface area (Å²) in [6.45, 7) is 4.42. The fraction of sp³-hybridized carbons (Fsp3) is 0.500. The van der Waals surface area contributed by atoms with E-state index in [1.165, 1.54) is 12.8 Å². The van der Waals surface area contributed by atoms with Crippen LogP contribution in [0.5, 0.6) is 5.75 Å². The molecular formula is C12H16NO. The van der Waals surface area contributed by atoms with Crippen LogP contribution in [0.25, 0.3) is 0 Å². The van der Waals surface area contributed by atoms with E-state index in [0.717, 1.165) is 18.8 Å². The van der Waals surface area contributed by atoms with Crippen LogP contribution >= 0.6 is 0 Å². The second kappa shape index (κ2) is 4.47. The Balaban J connectivity index is 1.90. The normalized spacial score (nSPS) is 19.5. The SMILES string of the molecule is CC(Oc1[c]cccc1)N1CCCC1. The van der Waals surface area contributed by atoms with E-state index < -0.39 is 0 Å². The molecule has 1 aromatic rings. The fourth-order valence-electron chi connectivity index (χ4n) is 1.81. The van der Waals surface area contributed by atoms with Gasteiger partial charge in [-0.15, -0.1) is 0 Å². The third-order valence-electron chi connectivity index (χ3n) is 2.63. The van der Waals surface area contributed by atoms with Gasteiger partial charge in [-0.3, -0.25) is 4.90 Å². The number of hydrogen-bond acceptors (Lipinski definition) is 2. The average molecular weight is 190 g/mol. The Morgan fingerprint density at radius 3 is 2.79 bits per heavy atom. The van der Waals surface area contributed by atoms with E-state index in [4.69, 9.17) is 4.74 Å². The van der Waals surface area contributed by atoms with Crippen LogP contribution in [0.1, 0.15) is 19.8 Å². The molecule has 1 aromatic carbocycles. The van der Waals surface area contributed by atoms with Crippen LogP contribution in [0, 0.1) is 6.07 Å². The van der Waals surface area contributed by atoms with Gasteiger partial charge in [-0.1, -0.05) is 18.2 Å². The molecule has 1 unspecified atom stereocenters. The highest BCUT2D eigenvalue weighted by Crippen LogP contribution is 2.16. The van der Waals surface area contributed by atoms with Gasteiger partial charge in [0.2, 0.25) is 0 Å². The molecule has 0 N–H and O–H groups in total. The second-order valence-corrected chi connectivity index (χ2v) is 3.69. The van der Waals surface area contributed by atoms with E-state index in [9.17, 15) is 0 Å². The maximum absolute atomic E-state index is 5.77. The number of hydrogen-bond donors (Lipinski definition) is 0. The molecule has 0 aromatic heterocycles. The Morgan fingerprint density at radius 1 is 1.36 bits per heavy atom. The molecule has 0 bridgehead atoms. The maximum Gasteiger partial charge on any atom is 0.149 e. The first kappa shape index (κ1) is 9.53. The zero-order chi connectivity index (χ0) is 9.80. The van der Waals surface area contributed by atoms with Gasteiger partial charge in [0.15, 0.2) is 0 Å². The van der Waals surface area contributed by atoms with E-state index in [-0.39, 0.29) is 6.23 Å². The molecular weight excluding hydrogens is 174 g/mol. The number of rotatable bonds is 3. The Kier molecular flexibility index (Phi) is 3.04. The van der Waals surface area contributed by atoms with Crippen molar-refractivity contribution >= 4 is 0 Å². The predicted octanol–water partition coefficient (Wildman–Crippen LogP) is 2.31. The summed E-state index contributed by atoms with van der Waals surface area (Å²) < 4.78 is 5.77. The van der Waals surface area contributed by atoms with Crippen molar-refractivity contribution in [2.45, 2.75) is 26.0 Å². The van der Waals surface area contributed by atoms with Crippen molar-refractivity contribution in [1.82, 2.24) is 4.90 Å². The van der Waals surface area contributed by atoms with Gasteiger partial charge in [-0.05, 0) is 25.8 Å². The standard InChI is InChI=1S/C12H16NO/c1-11(13-9-5-6-10-13)14-12-7-3-2-4-8-12/h2-4,7,11H,5-6,9-10H2,1H3. The van der Waals surface area contributed by atoms with Crippen molar-refractivity contribution in [3.63, 3.8) is 0 Å². The number of para-hydroxylation sites is 1. The van der Waals surface area contributed by atoms with Gasteiger partial charge < -0.3 is 4.74 Å². The van der Waals surface area contributed by atoms with Crippen LogP contribution in [0.15, 0.2) is 24.3 Å². The smallest absolute Gasteiger partial charge is 0.149 e. The van der Waals surface area contributed by atoms with Crippen LogP contribution in [0.2, 0.25) is 0 Å². The van der Waals surface area contributed by atoms with E-state index in [2.05, 4.69) is 17.9 Å². The summed E-state index contributed by atoms with van der Waals surface area (Å²) >= 11 is 0. The van der Waals surface area contributed by atoms with Crippen LogP contribution < -0.4 is 4.74 Å². The molecule has 1 aliphatic rings. The Hall–Kier alpha value is -1.02.